The molecule has 1 aliphatic heterocycles. The van der Waals surface area contributed by atoms with Crippen LogP contribution in [0.1, 0.15) is 39.5 Å². The molecule has 1 saturated heterocycles. The van der Waals surface area contributed by atoms with Gasteiger partial charge in [-0.15, -0.1) is 0 Å². The summed E-state index contributed by atoms with van der Waals surface area (Å²) in [6, 6.07) is 0.138. The highest BCUT2D eigenvalue weighted by atomic mass is 19.1. The molecule has 0 radical (unpaired) electrons. The smallest absolute Gasteiger partial charge is 0.239 e. The van der Waals surface area contributed by atoms with Crippen LogP contribution in [0.5, 0.6) is 0 Å². The lowest BCUT2D eigenvalue weighted by Crippen LogP contribution is -2.43. The van der Waals surface area contributed by atoms with Gasteiger partial charge in [-0.05, 0) is 25.7 Å². The SMILES string of the molecule is CCC1(CC)CC(Nc2nc(NN)ncc2F)CCO1. The number of nitrogens with two attached hydrogens (primary N) is 1. The molecule has 6 nitrogen and oxygen atoms in total. The minimum atomic E-state index is -0.478. The van der Waals surface area contributed by atoms with Crippen LogP contribution in [0.2, 0.25) is 0 Å². The number of nitrogens with zero attached hydrogens (tertiary/aromatic N) is 2. The van der Waals surface area contributed by atoms with E-state index < -0.39 is 5.82 Å². The van der Waals surface area contributed by atoms with Gasteiger partial charge in [0.15, 0.2) is 11.6 Å². The molecule has 2 rings (SSSR count). The van der Waals surface area contributed by atoms with Gasteiger partial charge in [0.2, 0.25) is 5.95 Å². The monoisotopic (exact) mass is 283 g/mol. The molecule has 0 spiro atoms. The maximum absolute atomic E-state index is 13.7. The largest absolute Gasteiger partial charge is 0.375 e. The van der Waals surface area contributed by atoms with Gasteiger partial charge < -0.3 is 10.1 Å². The quantitative estimate of drug-likeness (QED) is 0.566. The molecular weight excluding hydrogens is 261 g/mol. The average Bonchev–Trinajstić information content (AvgIpc) is 2.49. The lowest BCUT2D eigenvalue weighted by molar-refractivity contribution is -0.0865. The van der Waals surface area contributed by atoms with Crippen LogP contribution in [0.4, 0.5) is 16.2 Å². The van der Waals surface area contributed by atoms with Crippen molar-refractivity contribution in [1.29, 1.82) is 0 Å². The predicted molar refractivity (Wildman–Crippen MR) is 75.7 cm³/mol. The van der Waals surface area contributed by atoms with E-state index >= 15 is 0 Å². The Bertz CT molecular complexity index is 452. The third-order valence-corrected chi connectivity index (χ3v) is 4.00. The molecule has 1 atom stereocenters. The average molecular weight is 283 g/mol. The number of nitrogens with one attached hydrogen (secondary N) is 2. The van der Waals surface area contributed by atoms with Crippen molar-refractivity contribution in [2.24, 2.45) is 5.84 Å². The summed E-state index contributed by atoms with van der Waals surface area (Å²) in [5.74, 6) is 5.14. The fraction of sp³-hybridized carbons (Fsp3) is 0.692. The third-order valence-electron chi connectivity index (χ3n) is 4.00. The van der Waals surface area contributed by atoms with Gasteiger partial charge in [0.05, 0.1) is 11.8 Å². The Balaban J connectivity index is 2.09. The molecule has 7 heteroatoms. The molecule has 2 heterocycles. The Morgan fingerprint density at radius 3 is 2.90 bits per heavy atom. The van der Waals surface area contributed by atoms with Gasteiger partial charge in [-0.3, -0.25) is 5.43 Å². The van der Waals surface area contributed by atoms with E-state index in [1.165, 1.54) is 0 Å². The van der Waals surface area contributed by atoms with E-state index in [0.29, 0.717) is 6.61 Å². The summed E-state index contributed by atoms with van der Waals surface area (Å²) in [6.45, 7) is 4.91. The van der Waals surface area contributed by atoms with Crippen LogP contribution < -0.4 is 16.6 Å². The first kappa shape index (κ1) is 14.9. The standard InChI is InChI=1S/C13H22FN5O/c1-3-13(4-2)7-9(5-6-20-13)17-11-10(14)8-16-12(18-11)19-15/h8-9H,3-7,15H2,1-2H3,(H2,16,17,18,19). The summed E-state index contributed by atoms with van der Waals surface area (Å²) in [7, 11) is 0. The van der Waals surface area contributed by atoms with Gasteiger partial charge in [0, 0.05) is 12.6 Å². The van der Waals surface area contributed by atoms with Crippen LogP contribution in [0.25, 0.3) is 0 Å². The number of hydrogen-bond donors (Lipinski definition) is 3. The zero-order valence-electron chi connectivity index (χ0n) is 11.9. The van der Waals surface area contributed by atoms with Gasteiger partial charge in [0.1, 0.15) is 0 Å². The second-order valence-electron chi connectivity index (χ2n) is 5.11. The molecule has 0 aromatic carbocycles. The first-order valence-corrected chi connectivity index (χ1v) is 7.02. The Morgan fingerprint density at radius 1 is 1.50 bits per heavy atom. The van der Waals surface area contributed by atoms with Crippen LogP contribution in [-0.2, 0) is 4.74 Å². The Labute approximate surface area is 118 Å². The van der Waals surface area contributed by atoms with Crippen molar-refractivity contribution in [3.63, 3.8) is 0 Å². The number of nitrogen functional groups attached to an aromatic ring is 1. The van der Waals surface area contributed by atoms with Crippen LogP contribution in [0, 0.1) is 5.82 Å². The molecule has 1 aromatic heterocycles. The summed E-state index contributed by atoms with van der Waals surface area (Å²) in [5, 5.41) is 3.15. The second kappa shape index (κ2) is 6.32. The molecule has 0 aliphatic carbocycles. The molecule has 1 aliphatic rings. The van der Waals surface area contributed by atoms with E-state index in [4.69, 9.17) is 10.6 Å². The van der Waals surface area contributed by atoms with Crippen molar-refractivity contribution in [1.82, 2.24) is 9.97 Å². The van der Waals surface area contributed by atoms with E-state index in [-0.39, 0.29) is 23.4 Å². The van der Waals surface area contributed by atoms with Gasteiger partial charge in [-0.25, -0.2) is 15.2 Å². The van der Waals surface area contributed by atoms with E-state index in [9.17, 15) is 4.39 Å². The zero-order chi connectivity index (χ0) is 14.6. The van der Waals surface area contributed by atoms with Crippen LogP contribution >= 0.6 is 0 Å². The molecule has 0 saturated carbocycles. The Hall–Kier alpha value is -1.47. The van der Waals surface area contributed by atoms with Crippen molar-refractivity contribution >= 4 is 11.8 Å². The molecule has 4 N–H and O–H groups in total. The van der Waals surface area contributed by atoms with E-state index in [2.05, 4.69) is 34.6 Å². The molecule has 1 unspecified atom stereocenters. The summed E-state index contributed by atoms with van der Waals surface area (Å²) in [5.41, 5.74) is 2.20. The highest BCUT2D eigenvalue weighted by Gasteiger charge is 2.34. The summed E-state index contributed by atoms with van der Waals surface area (Å²) in [6.07, 6.45) is 4.68. The zero-order valence-corrected chi connectivity index (χ0v) is 11.9. The number of rotatable bonds is 5. The van der Waals surface area contributed by atoms with Gasteiger partial charge in [-0.1, -0.05) is 13.8 Å². The predicted octanol–water partition coefficient (Wildman–Crippen LogP) is 2.05. The third kappa shape index (κ3) is 3.16. The normalized spacial score (nSPS) is 21.5. The van der Waals surface area contributed by atoms with Crippen molar-refractivity contribution in [2.75, 3.05) is 17.3 Å². The Morgan fingerprint density at radius 2 is 2.25 bits per heavy atom. The molecule has 20 heavy (non-hydrogen) atoms. The van der Waals surface area contributed by atoms with Gasteiger partial charge in [-0.2, -0.15) is 4.98 Å². The molecule has 112 valence electrons. The number of halogens is 1. The number of anilines is 2. The van der Waals surface area contributed by atoms with Gasteiger partial charge in [0.25, 0.3) is 0 Å². The number of hydrogen-bond acceptors (Lipinski definition) is 6. The highest BCUT2D eigenvalue weighted by molar-refractivity contribution is 5.41. The van der Waals surface area contributed by atoms with Crippen molar-refractivity contribution < 1.29 is 9.13 Å². The minimum absolute atomic E-state index is 0.117. The lowest BCUT2D eigenvalue weighted by atomic mass is 9.86. The van der Waals surface area contributed by atoms with Crippen molar-refractivity contribution in [3.8, 4) is 0 Å². The van der Waals surface area contributed by atoms with Crippen molar-refractivity contribution in [2.45, 2.75) is 51.2 Å². The molecule has 1 aromatic rings. The summed E-state index contributed by atoms with van der Waals surface area (Å²) < 4.78 is 19.6. The second-order valence-corrected chi connectivity index (χ2v) is 5.11. The first-order chi connectivity index (χ1) is 9.62. The fourth-order valence-corrected chi connectivity index (χ4v) is 2.62. The van der Waals surface area contributed by atoms with E-state index in [1.54, 1.807) is 0 Å². The Kier molecular flexibility index (Phi) is 4.72. The molecule has 0 amide bonds. The fourth-order valence-electron chi connectivity index (χ4n) is 2.62. The highest BCUT2D eigenvalue weighted by Crippen LogP contribution is 2.32. The van der Waals surface area contributed by atoms with Crippen LogP contribution in [-0.4, -0.2) is 28.2 Å². The number of ether oxygens (including phenoxy) is 1. The van der Waals surface area contributed by atoms with Crippen LogP contribution in [0.3, 0.4) is 0 Å². The lowest BCUT2D eigenvalue weighted by Gasteiger charge is -2.40. The maximum atomic E-state index is 13.7. The topological polar surface area (TPSA) is 85.1 Å². The molecule has 1 fully saturated rings. The van der Waals surface area contributed by atoms with Crippen molar-refractivity contribution in [3.05, 3.63) is 12.0 Å². The minimum Gasteiger partial charge on any atom is -0.375 e. The summed E-state index contributed by atoms with van der Waals surface area (Å²) >= 11 is 0. The van der Waals surface area contributed by atoms with Gasteiger partial charge >= 0.3 is 0 Å². The maximum Gasteiger partial charge on any atom is 0.239 e. The van der Waals surface area contributed by atoms with Crippen LogP contribution in [0.15, 0.2) is 6.20 Å². The molecule has 0 bridgehead atoms. The summed E-state index contributed by atoms with van der Waals surface area (Å²) in [4.78, 5) is 7.73. The number of aromatic nitrogens is 2. The van der Waals surface area contributed by atoms with E-state index in [1.807, 2.05) is 0 Å². The first-order valence-electron chi connectivity index (χ1n) is 7.02. The number of hydrazine groups is 1. The molecular formula is C13H22FN5O. The van der Waals surface area contributed by atoms with E-state index in [0.717, 1.165) is 31.9 Å².